The normalized spacial score (nSPS) is 18.0. The summed E-state index contributed by atoms with van der Waals surface area (Å²) in [5.41, 5.74) is 2.50. The van der Waals surface area contributed by atoms with Crippen molar-refractivity contribution in [3.63, 3.8) is 0 Å². The Morgan fingerprint density at radius 1 is 1.37 bits per heavy atom. The second-order valence-corrected chi connectivity index (χ2v) is 6.58. The van der Waals surface area contributed by atoms with Gasteiger partial charge >= 0.3 is 0 Å². The first kappa shape index (κ1) is 14.7. The molecule has 4 heteroatoms. The van der Waals surface area contributed by atoms with Crippen LogP contribution in [0.5, 0.6) is 0 Å². The van der Waals surface area contributed by atoms with Gasteiger partial charge in [0.1, 0.15) is 0 Å². The van der Waals surface area contributed by atoms with E-state index in [2.05, 4.69) is 19.2 Å². The van der Waals surface area contributed by atoms with Gasteiger partial charge in [-0.05, 0) is 42.9 Å². The van der Waals surface area contributed by atoms with Gasteiger partial charge in [0.2, 0.25) is 0 Å². The largest absolute Gasteiger partial charge is 0.335 e. The third-order valence-electron chi connectivity index (χ3n) is 4.00. The molecular formula is C15H21ClN2S. The van der Waals surface area contributed by atoms with Gasteiger partial charge in [0.05, 0.1) is 0 Å². The Hall–Kier alpha value is -0.670. The van der Waals surface area contributed by atoms with E-state index in [0.29, 0.717) is 5.41 Å². The van der Waals surface area contributed by atoms with Crippen LogP contribution in [0.4, 0.5) is 5.69 Å². The van der Waals surface area contributed by atoms with Gasteiger partial charge < -0.3 is 5.32 Å². The van der Waals surface area contributed by atoms with E-state index in [1.165, 1.54) is 12.8 Å². The predicted octanol–water partition coefficient (Wildman–Crippen LogP) is 4.97. The van der Waals surface area contributed by atoms with Crippen molar-refractivity contribution in [3.05, 3.63) is 28.8 Å². The van der Waals surface area contributed by atoms with Gasteiger partial charge in [-0.1, -0.05) is 43.3 Å². The number of benzene rings is 1. The fraction of sp³-hybridized carbons (Fsp3) is 0.533. The SMILES string of the molecule is CCC1(CC)CN=C(Nc2ccc(C)c(Cl)c2)SC1. The molecule has 0 spiro atoms. The topological polar surface area (TPSA) is 24.4 Å². The van der Waals surface area contributed by atoms with Gasteiger partial charge in [-0.2, -0.15) is 0 Å². The molecule has 1 aromatic carbocycles. The Morgan fingerprint density at radius 3 is 2.63 bits per heavy atom. The lowest BCUT2D eigenvalue weighted by molar-refractivity contribution is 0.318. The molecule has 0 fully saturated rings. The number of nitrogens with zero attached hydrogens (tertiary/aromatic N) is 1. The fourth-order valence-electron chi connectivity index (χ4n) is 2.10. The molecule has 0 atom stereocenters. The van der Waals surface area contributed by atoms with Crippen LogP contribution in [0.2, 0.25) is 5.02 Å². The summed E-state index contributed by atoms with van der Waals surface area (Å²) in [6.45, 7) is 7.46. The van der Waals surface area contributed by atoms with Crippen LogP contribution in [-0.2, 0) is 0 Å². The number of hydrogen-bond acceptors (Lipinski definition) is 3. The Balaban J connectivity index is 2.05. The summed E-state index contributed by atoms with van der Waals surface area (Å²) in [6.07, 6.45) is 2.40. The van der Waals surface area contributed by atoms with E-state index in [1.54, 1.807) is 0 Å². The average Bonchev–Trinajstić information content (AvgIpc) is 2.44. The van der Waals surface area contributed by atoms with Gasteiger partial charge in [0.15, 0.2) is 5.17 Å². The molecule has 0 aliphatic carbocycles. The minimum Gasteiger partial charge on any atom is -0.335 e. The van der Waals surface area contributed by atoms with Gasteiger partial charge in [-0.15, -0.1) is 0 Å². The lowest BCUT2D eigenvalue weighted by Crippen LogP contribution is -2.32. The lowest BCUT2D eigenvalue weighted by Gasteiger charge is -2.33. The maximum absolute atomic E-state index is 6.14. The van der Waals surface area contributed by atoms with E-state index in [0.717, 1.165) is 33.7 Å². The Morgan fingerprint density at radius 2 is 2.11 bits per heavy atom. The predicted molar refractivity (Wildman–Crippen MR) is 87.6 cm³/mol. The van der Waals surface area contributed by atoms with Crippen LogP contribution in [0.25, 0.3) is 0 Å². The molecule has 0 bridgehead atoms. The van der Waals surface area contributed by atoms with Crippen molar-refractivity contribution < 1.29 is 0 Å². The molecule has 1 aromatic rings. The highest BCUT2D eigenvalue weighted by Crippen LogP contribution is 2.35. The molecule has 1 aliphatic heterocycles. The standard InChI is InChI=1S/C15H21ClN2S/c1-4-15(5-2)9-17-14(19-10-15)18-12-7-6-11(3)13(16)8-12/h6-8H,4-5,9-10H2,1-3H3,(H,17,18). The molecule has 0 saturated heterocycles. The Bertz CT molecular complexity index is 481. The maximum atomic E-state index is 6.14. The van der Waals surface area contributed by atoms with E-state index in [4.69, 9.17) is 16.6 Å². The highest BCUT2D eigenvalue weighted by molar-refractivity contribution is 8.14. The van der Waals surface area contributed by atoms with Crippen molar-refractivity contribution in [1.29, 1.82) is 0 Å². The third kappa shape index (κ3) is 3.46. The second-order valence-electron chi connectivity index (χ2n) is 5.21. The minimum atomic E-state index is 0.390. The molecule has 1 N–H and O–H groups in total. The molecule has 19 heavy (non-hydrogen) atoms. The van der Waals surface area contributed by atoms with Gasteiger partial charge in [-0.3, -0.25) is 4.99 Å². The van der Waals surface area contributed by atoms with Crippen molar-refractivity contribution in [3.8, 4) is 0 Å². The lowest BCUT2D eigenvalue weighted by atomic mass is 9.84. The summed E-state index contributed by atoms with van der Waals surface area (Å²) >= 11 is 7.96. The van der Waals surface area contributed by atoms with Gasteiger partial charge in [-0.25, -0.2) is 0 Å². The van der Waals surface area contributed by atoms with Gasteiger partial charge in [0.25, 0.3) is 0 Å². The van der Waals surface area contributed by atoms with Crippen LogP contribution in [0.15, 0.2) is 23.2 Å². The molecule has 0 unspecified atom stereocenters. The number of rotatable bonds is 3. The van der Waals surface area contributed by atoms with Crippen LogP contribution < -0.4 is 5.32 Å². The fourth-order valence-corrected chi connectivity index (χ4v) is 3.57. The van der Waals surface area contributed by atoms with E-state index in [9.17, 15) is 0 Å². The third-order valence-corrected chi connectivity index (χ3v) is 5.66. The van der Waals surface area contributed by atoms with Crippen molar-refractivity contribution in [1.82, 2.24) is 0 Å². The highest BCUT2D eigenvalue weighted by atomic mass is 35.5. The molecule has 0 aromatic heterocycles. The number of aliphatic imine (C=N–C) groups is 1. The van der Waals surface area contributed by atoms with Crippen LogP contribution >= 0.6 is 23.4 Å². The summed E-state index contributed by atoms with van der Waals surface area (Å²) < 4.78 is 0. The summed E-state index contributed by atoms with van der Waals surface area (Å²) in [4.78, 5) is 4.70. The first-order valence-electron chi connectivity index (χ1n) is 6.79. The molecule has 2 rings (SSSR count). The first-order chi connectivity index (χ1) is 9.08. The van der Waals surface area contributed by atoms with E-state index < -0.39 is 0 Å². The van der Waals surface area contributed by atoms with Crippen LogP contribution in [-0.4, -0.2) is 17.5 Å². The van der Waals surface area contributed by atoms with Crippen LogP contribution in [0.1, 0.15) is 32.3 Å². The number of anilines is 1. The zero-order valence-corrected chi connectivity index (χ0v) is 13.4. The summed E-state index contributed by atoms with van der Waals surface area (Å²) in [5.74, 6) is 1.14. The average molecular weight is 297 g/mol. The molecule has 1 aliphatic rings. The van der Waals surface area contributed by atoms with Crippen molar-refractivity contribution in [2.45, 2.75) is 33.6 Å². The monoisotopic (exact) mass is 296 g/mol. The summed E-state index contributed by atoms with van der Waals surface area (Å²) in [6, 6.07) is 6.04. The number of amidine groups is 1. The molecule has 0 radical (unpaired) electrons. The zero-order valence-electron chi connectivity index (χ0n) is 11.8. The van der Waals surface area contributed by atoms with Crippen molar-refractivity contribution in [2.24, 2.45) is 10.4 Å². The summed E-state index contributed by atoms with van der Waals surface area (Å²) in [7, 11) is 0. The van der Waals surface area contributed by atoms with Crippen LogP contribution in [0.3, 0.4) is 0 Å². The van der Waals surface area contributed by atoms with E-state index in [1.807, 2.05) is 36.9 Å². The zero-order chi connectivity index (χ0) is 13.9. The second kappa shape index (κ2) is 6.19. The van der Waals surface area contributed by atoms with Crippen molar-refractivity contribution in [2.75, 3.05) is 17.6 Å². The Labute approximate surface area is 125 Å². The van der Waals surface area contributed by atoms with E-state index in [-0.39, 0.29) is 0 Å². The molecule has 1 heterocycles. The first-order valence-corrected chi connectivity index (χ1v) is 8.15. The minimum absolute atomic E-state index is 0.390. The van der Waals surface area contributed by atoms with E-state index >= 15 is 0 Å². The molecular weight excluding hydrogens is 276 g/mol. The van der Waals surface area contributed by atoms with Crippen LogP contribution in [0, 0.1) is 12.3 Å². The Kier molecular flexibility index (Phi) is 4.80. The maximum Gasteiger partial charge on any atom is 0.161 e. The molecule has 2 nitrogen and oxygen atoms in total. The summed E-state index contributed by atoms with van der Waals surface area (Å²) in [5, 5.41) is 5.17. The molecule has 104 valence electrons. The van der Waals surface area contributed by atoms with Crippen molar-refractivity contribution >= 4 is 34.2 Å². The smallest absolute Gasteiger partial charge is 0.161 e. The number of hydrogen-bond donors (Lipinski definition) is 1. The number of halogens is 1. The molecule has 0 amide bonds. The highest BCUT2D eigenvalue weighted by Gasteiger charge is 2.30. The molecule has 0 saturated carbocycles. The van der Waals surface area contributed by atoms with Gasteiger partial charge in [0, 0.05) is 23.0 Å². The number of aryl methyl sites for hydroxylation is 1. The quantitative estimate of drug-likeness (QED) is 0.851. The number of thioether (sulfide) groups is 1. The number of nitrogens with one attached hydrogen (secondary N) is 1.